The highest BCUT2D eigenvalue weighted by Gasteiger charge is 2.64. The Bertz CT molecular complexity index is 1130. The smallest absolute Gasteiger partial charge is 0.387 e. The molecule has 0 saturated carbocycles. The Hall–Kier alpha value is -1.10. The van der Waals surface area contributed by atoms with Gasteiger partial charge in [-0.15, -0.1) is 0 Å². The number of alkyl halides is 1. The van der Waals surface area contributed by atoms with Gasteiger partial charge < -0.3 is 34.2 Å². The van der Waals surface area contributed by atoms with Gasteiger partial charge in [-0.25, -0.2) is 22.9 Å². The van der Waals surface area contributed by atoms with Crippen LogP contribution in [0.15, 0.2) is 21.9 Å². The summed E-state index contributed by atoms with van der Waals surface area (Å²) < 4.78 is 70.9. The van der Waals surface area contributed by atoms with E-state index in [4.69, 9.17) is 19.3 Å². The van der Waals surface area contributed by atoms with Crippen molar-refractivity contribution in [3.63, 3.8) is 0 Å². The lowest BCUT2D eigenvalue weighted by atomic mass is 9.88. The summed E-state index contributed by atoms with van der Waals surface area (Å²) in [5, 5.41) is 10.7. The average Bonchev–Trinajstić information content (AvgIpc) is 2.86. The summed E-state index contributed by atoms with van der Waals surface area (Å²) in [4.78, 5) is 61.2. The van der Waals surface area contributed by atoms with Gasteiger partial charge in [0.1, 0.15) is 18.4 Å². The molecule has 2 rings (SSSR count). The van der Waals surface area contributed by atoms with Gasteiger partial charge in [0.2, 0.25) is 0 Å². The molecule has 17 nitrogen and oxygen atoms in total. The first-order valence-corrected chi connectivity index (χ1v) is 13.0. The second kappa shape index (κ2) is 9.51. The van der Waals surface area contributed by atoms with Gasteiger partial charge in [-0.1, -0.05) is 0 Å². The molecule has 0 amide bonds. The number of H-pyrrole nitrogens is 1. The highest BCUT2D eigenvalue weighted by molar-refractivity contribution is 7.66. The van der Waals surface area contributed by atoms with E-state index in [-0.39, 0.29) is 0 Å². The van der Waals surface area contributed by atoms with E-state index in [0.29, 0.717) is 0 Å². The summed E-state index contributed by atoms with van der Waals surface area (Å²) in [6, 6.07) is 0.911. The quantitative estimate of drug-likeness (QED) is 0.191. The number of ether oxygens (including phenoxy) is 2. The number of aliphatic hydroxyl groups is 1. The van der Waals surface area contributed by atoms with Crippen molar-refractivity contribution in [2.24, 2.45) is 0 Å². The largest absolute Gasteiger partial charge is 0.490 e. The summed E-state index contributed by atoms with van der Waals surface area (Å²) in [6.07, 6.45) is -2.69. The first kappa shape index (κ1) is 28.1. The van der Waals surface area contributed by atoms with Crippen LogP contribution in [0.3, 0.4) is 0 Å². The second-order valence-electron chi connectivity index (χ2n) is 6.84. The van der Waals surface area contributed by atoms with E-state index in [1.807, 2.05) is 4.98 Å². The van der Waals surface area contributed by atoms with Crippen LogP contribution in [0.1, 0.15) is 13.2 Å². The van der Waals surface area contributed by atoms with Gasteiger partial charge in [-0.05, 0) is 6.92 Å². The number of methoxy groups -OCH3 is 1. The Kier molecular flexibility index (Phi) is 8.11. The number of aromatic amines is 1. The van der Waals surface area contributed by atoms with E-state index in [2.05, 4.69) is 13.1 Å². The van der Waals surface area contributed by atoms with Gasteiger partial charge in [0.25, 0.3) is 5.56 Å². The fourth-order valence-corrected chi connectivity index (χ4v) is 6.04. The zero-order valence-electron chi connectivity index (χ0n) is 16.7. The number of rotatable bonds is 10. The van der Waals surface area contributed by atoms with Crippen LogP contribution in [0.5, 0.6) is 0 Å². The number of halogens is 1. The SMILES string of the molecule is COC1(C)C(n2ccc(=O)[nH]c2=O)OC(CF)(COP(=O)(O)OP(=O)(O)OP(=O)(O)O)C1O. The monoisotopic (exact) mass is 544 g/mol. The van der Waals surface area contributed by atoms with Crippen LogP contribution in [0.2, 0.25) is 0 Å². The molecular weight excluding hydrogens is 524 g/mol. The van der Waals surface area contributed by atoms with E-state index >= 15 is 0 Å². The van der Waals surface area contributed by atoms with Crippen LogP contribution in [-0.2, 0) is 36.3 Å². The number of phosphoric acid groups is 3. The topological polar surface area (TPSA) is 253 Å². The molecule has 0 spiro atoms. The molecule has 0 bridgehead atoms. The molecule has 1 saturated heterocycles. The summed E-state index contributed by atoms with van der Waals surface area (Å²) in [7, 11) is -16.1. The zero-order valence-corrected chi connectivity index (χ0v) is 19.4. The maximum Gasteiger partial charge on any atom is 0.490 e. The van der Waals surface area contributed by atoms with Crippen molar-refractivity contribution in [2.75, 3.05) is 20.4 Å². The van der Waals surface area contributed by atoms with Crippen molar-refractivity contribution in [2.45, 2.75) is 30.5 Å². The second-order valence-corrected chi connectivity index (χ2v) is 11.3. The van der Waals surface area contributed by atoms with Crippen LogP contribution in [0.25, 0.3) is 0 Å². The van der Waals surface area contributed by atoms with Crippen LogP contribution in [0.4, 0.5) is 4.39 Å². The van der Waals surface area contributed by atoms with Crippen molar-refractivity contribution in [1.29, 1.82) is 0 Å². The Morgan fingerprint density at radius 1 is 1.18 bits per heavy atom. The predicted octanol–water partition coefficient (Wildman–Crippen LogP) is -1.12. The summed E-state index contributed by atoms with van der Waals surface area (Å²) in [6.45, 7) is -1.80. The normalized spacial score (nSPS) is 31.8. The minimum absolute atomic E-state index is 0.733. The lowest BCUT2D eigenvalue weighted by Crippen LogP contribution is -2.54. The van der Waals surface area contributed by atoms with Crippen LogP contribution in [-0.4, -0.2) is 71.9 Å². The van der Waals surface area contributed by atoms with Crippen molar-refractivity contribution in [1.82, 2.24) is 9.55 Å². The third kappa shape index (κ3) is 6.32. The minimum Gasteiger partial charge on any atom is -0.387 e. The third-order valence-corrected chi connectivity index (χ3v) is 8.32. The minimum atomic E-state index is -5.85. The van der Waals surface area contributed by atoms with Gasteiger partial charge in [0, 0.05) is 19.4 Å². The molecule has 33 heavy (non-hydrogen) atoms. The first-order valence-electron chi connectivity index (χ1n) is 8.47. The fourth-order valence-electron chi connectivity index (χ4n) is 2.97. The molecule has 2 heterocycles. The Labute approximate surface area is 183 Å². The molecule has 190 valence electrons. The summed E-state index contributed by atoms with van der Waals surface area (Å²) >= 11 is 0. The number of nitrogens with zero attached hydrogens (tertiary/aromatic N) is 1. The Morgan fingerprint density at radius 3 is 2.27 bits per heavy atom. The van der Waals surface area contributed by atoms with Gasteiger partial charge in [0.05, 0.1) is 6.61 Å². The van der Waals surface area contributed by atoms with Crippen molar-refractivity contribution < 1.29 is 65.4 Å². The standard InChI is InChI=1S/C12H20FN2O15P3/c1-11(26-2)8(17)12(5-13,28-9(11)15-4-3-7(16)14-10(15)18)6-27-32(22,23)30-33(24,25)29-31(19,20)21/h3-4,8-9,17H,5-6H2,1-2H3,(H,22,23)(H,24,25)(H,14,16,18)(H2,19,20,21). The number of hydrogen-bond donors (Lipinski definition) is 6. The fraction of sp³-hybridized carbons (Fsp3) is 0.667. The zero-order chi connectivity index (χ0) is 25.5. The third-order valence-electron chi connectivity index (χ3n) is 4.54. The van der Waals surface area contributed by atoms with Crippen molar-refractivity contribution in [3.8, 4) is 0 Å². The van der Waals surface area contributed by atoms with Gasteiger partial charge in [0.15, 0.2) is 11.8 Å². The first-order chi connectivity index (χ1) is 14.9. The Morgan fingerprint density at radius 2 is 1.79 bits per heavy atom. The summed E-state index contributed by atoms with van der Waals surface area (Å²) in [5.74, 6) is 0. The van der Waals surface area contributed by atoms with Gasteiger partial charge in [-0.2, -0.15) is 8.62 Å². The van der Waals surface area contributed by atoms with Crippen LogP contribution >= 0.6 is 23.5 Å². The molecule has 1 aromatic heterocycles. The molecule has 0 aromatic carbocycles. The number of aliphatic hydroxyl groups excluding tert-OH is 1. The highest BCUT2D eigenvalue weighted by atomic mass is 31.3. The predicted molar refractivity (Wildman–Crippen MR) is 101 cm³/mol. The number of nitrogens with one attached hydrogen (secondary N) is 1. The molecule has 1 aliphatic rings. The van der Waals surface area contributed by atoms with E-state index in [0.717, 1.165) is 23.9 Å². The Balaban J connectivity index is 2.33. The molecule has 6 atom stereocenters. The van der Waals surface area contributed by atoms with E-state index in [1.54, 1.807) is 0 Å². The molecule has 0 aliphatic carbocycles. The maximum absolute atomic E-state index is 14.1. The molecular formula is C12H20FN2O15P3. The van der Waals surface area contributed by atoms with Crippen molar-refractivity contribution in [3.05, 3.63) is 33.1 Å². The average molecular weight is 544 g/mol. The number of phosphoric ester groups is 1. The van der Waals surface area contributed by atoms with Crippen LogP contribution < -0.4 is 11.2 Å². The summed E-state index contributed by atoms with van der Waals surface area (Å²) in [5.41, 5.74) is -6.26. The van der Waals surface area contributed by atoms with Crippen molar-refractivity contribution >= 4 is 23.5 Å². The van der Waals surface area contributed by atoms with Gasteiger partial charge >= 0.3 is 29.2 Å². The molecule has 0 radical (unpaired) electrons. The molecule has 1 fully saturated rings. The molecule has 1 aromatic rings. The van der Waals surface area contributed by atoms with Crippen LogP contribution in [0, 0.1) is 0 Å². The van der Waals surface area contributed by atoms with E-state index in [1.165, 1.54) is 6.92 Å². The maximum atomic E-state index is 14.1. The number of aromatic nitrogens is 2. The molecule has 1 aliphatic heterocycles. The lowest BCUT2D eigenvalue weighted by Gasteiger charge is -2.33. The highest BCUT2D eigenvalue weighted by Crippen LogP contribution is 2.66. The molecule has 6 N–H and O–H groups in total. The molecule has 6 unspecified atom stereocenters. The number of hydrogen-bond acceptors (Lipinski definition) is 11. The molecule has 21 heteroatoms. The lowest BCUT2D eigenvalue weighted by molar-refractivity contribution is -0.140. The van der Waals surface area contributed by atoms with Gasteiger partial charge in [-0.3, -0.25) is 18.9 Å². The van der Waals surface area contributed by atoms with E-state index in [9.17, 15) is 42.6 Å². The van der Waals surface area contributed by atoms with E-state index < -0.39 is 71.5 Å².